The van der Waals surface area contributed by atoms with E-state index in [2.05, 4.69) is 16.8 Å². The minimum atomic E-state index is -0.425. The van der Waals surface area contributed by atoms with E-state index in [9.17, 15) is 9.59 Å². The number of carbonyl (C=O) groups excluding carboxylic acids is 1. The van der Waals surface area contributed by atoms with E-state index in [-0.39, 0.29) is 5.43 Å². The molecular weight excluding hydrogens is 316 g/mol. The fourth-order valence-corrected chi connectivity index (χ4v) is 3.82. The quantitative estimate of drug-likeness (QED) is 0.865. The number of aromatic nitrogens is 1. The van der Waals surface area contributed by atoms with Crippen LogP contribution in [0, 0.1) is 6.92 Å². The smallest absolute Gasteiger partial charge is 0.337 e. The van der Waals surface area contributed by atoms with Crippen molar-refractivity contribution < 1.29 is 9.53 Å². The minimum Gasteiger partial charge on any atom is -0.465 e. The zero-order valence-corrected chi connectivity index (χ0v) is 15.2. The number of nitrogens with zero attached hydrogens (tertiary/aromatic N) is 1. The van der Waals surface area contributed by atoms with Crippen molar-refractivity contribution in [2.45, 2.75) is 52.1 Å². The number of aryl methyl sites for hydroxylation is 1. The van der Waals surface area contributed by atoms with Crippen LogP contribution < -0.4 is 5.43 Å². The molecule has 1 aliphatic heterocycles. The summed E-state index contributed by atoms with van der Waals surface area (Å²) in [6.45, 7) is 5.87. The van der Waals surface area contributed by atoms with Crippen molar-refractivity contribution in [3.05, 3.63) is 45.2 Å². The standard InChI is InChI=1S/C20H26N2O3/c1-4-15-7-5-6-10-22(15)12-17-13(2)21-18-9-8-14(20(24)25-3)11-16(18)19(17)23/h8-9,11,15H,4-7,10,12H2,1-3H3,(H,21,23). The average Bonchev–Trinajstić information content (AvgIpc) is 2.64. The van der Waals surface area contributed by atoms with Gasteiger partial charge in [-0.15, -0.1) is 0 Å². The average molecular weight is 342 g/mol. The van der Waals surface area contributed by atoms with Crippen molar-refractivity contribution in [3.8, 4) is 0 Å². The molecule has 0 bridgehead atoms. The molecule has 0 amide bonds. The molecule has 134 valence electrons. The molecule has 2 heterocycles. The molecule has 1 aromatic carbocycles. The second kappa shape index (κ2) is 7.40. The molecule has 3 rings (SSSR count). The Labute approximate surface area is 148 Å². The Morgan fingerprint density at radius 2 is 2.16 bits per heavy atom. The summed E-state index contributed by atoms with van der Waals surface area (Å²) in [5.74, 6) is -0.425. The van der Waals surface area contributed by atoms with Gasteiger partial charge in [0.25, 0.3) is 0 Å². The maximum atomic E-state index is 13.1. The van der Waals surface area contributed by atoms with Crippen LogP contribution >= 0.6 is 0 Å². The van der Waals surface area contributed by atoms with Crippen LogP contribution in [0.2, 0.25) is 0 Å². The van der Waals surface area contributed by atoms with Crippen LogP contribution in [0.4, 0.5) is 0 Å². The lowest BCUT2D eigenvalue weighted by atomic mass is 9.98. The van der Waals surface area contributed by atoms with Crippen molar-refractivity contribution in [2.24, 2.45) is 0 Å². The fraction of sp³-hybridized carbons (Fsp3) is 0.500. The highest BCUT2D eigenvalue weighted by molar-refractivity contribution is 5.94. The maximum Gasteiger partial charge on any atom is 0.337 e. The molecule has 1 atom stereocenters. The predicted molar refractivity (Wildman–Crippen MR) is 99.0 cm³/mol. The predicted octanol–water partition coefficient (Wildman–Crippen LogP) is 3.39. The first-order chi connectivity index (χ1) is 12.0. The molecule has 1 aromatic heterocycles. The number of likely N-dealkylation sites (tertiary alicyclic amines) is 1. The van der Waals surface area contributed by atoms with E-state index in [1.165, 1.54) is 26.4 Å². The number of pyridine rings is 1. The summed E-state index contributed by atoms with van der Waals surface area (Å²) in [5.41, 5.74) is 2.88. The number of H-pyrrole nitrogens is 1. The first kappa shape index (κ1) is 17.7. The van der Waals surface area contributed by atoms with Crippen molar-refractivity contribution in [1.29, 1.82) is 0 Å². The van der Waals surface area contributed by atoms with Crippen molar-refractivity contribution in [2.75, 3.05) is 13.7 Å². The normalized spacial score (nSPS) is 18.4. The fourth-order valence-electron chi connectivity index (χ4n) is 3.82. The number of ether oxygens (including phenoxy) is 1. The second-order valence-corrected chi connectivity index (χ2v) is 6.84. The lowest BCUT2D eigenvalue weighted by Gasteiger charge is -2.35. The summed E-state index contributed by atoms with van der Waals surface area (Å²) in [4.78, 5) is 30.6. The van der Waals surface area contributed by atoms with Crippen LogP contribution in [0.15, 0.2) is 23.0 Å². The summed E-state index contributed by atoms with van der Waals surface area (Å²) in [7, 11) is 1.35. The molecular formula is C20H26N2O3. The van der Waals surface area contributed by atoms with Crippen LogP contribution in [-0.2, 0) is 11.3 Å². The van der Waals surface area contributed by atoms with E-state index < -0.39 is 5.97 Å². The first-order valence-electron chi connectivity index (χ1n) is 9.03. The Hall–Kier alpha value is -2.14. The number of piperidine rings is 1. The third kappa shape index (κ3) is 3.47. The number of hydrogen-bond acceptors (Lipinski definition) is 4. The van der Waals surface area contributed by atoms with Crippen LogP contribution in [0.3, 0.4) is 0 Å². The summed E-state index contributed by atoms with van der Waals surface area (Å²) < 4.78 is 4.77. The number of fused-ring (bicyclic) bond motifs is 1. The lowest BCUT2D eigenvalue weighted by molar-refractivity contribution is 0.0601. The monoisotopic (exact) mass is 342 g/mol. The van der Waals surface area contributed by atoms with E-state index in [0.717, 1.165) is 29.7 Å². The third-order valence-corrected chi connectivity index (χ3v) is 5.32. The Bertz CT molecular complexity index is 841. The molecule has 5 heteroatoms. The molecule has 1 unspecified atom stereocenters. The number of hydrogen-bond donors (Lipinski definition) is 1. The molecule has 5 nitrogen and oxygen atoms in total. The molecule has 0 radical (unpaired) electrons. The van der Waals surface area contributed by atoms with Gasteiger partial charge in [0, 0.05) is 34.7 Å². The molecule has 1 aliphatic rings. The van der Waals surface area contributed by atoms with Gasteiger partial charge >= 0.3 is 5.97 Å². The largest absolute Gasteiger partial charge is 0.465 e. The van der Waals surface area contributed by atoms with E-state index >= 15 is 0 Å². The van der Waals surface area contributed by atoms with Crippen molar-refractivity contribution >= 4 is 16.9 Å². The molecule has 2 aromatic rings. The van der Waals surface area contributed by atoms with E-state index in [0.29, 0.717) is 23.5 Å². The second-order valence-electron chi connectivity index (χ2n) is 6.84. The Morgan fingerprint density at radius 3 is 2.88 bits per heavy atom. The highest BCUT2D eigenvalue weighted by Gasteiger charge is 2.23. The van der Waals surface area contributed by atoms with Gasteiger partial charge in [0.1, 0.15) is 0 Å². The van der Waals surface area contributed by atoms with Gasteiger partial charge in [-0.1, -0.05) is 13.3 Å². The van der Waals surface area contributed by atoms with Gasteiger partial charge in [-0.25, -0.2) is 4.79 Å². The van der Waals surface area contributed by atoms with Gasteiger partial charge in [-0.2, -0.15) is 0 Å². The summed E-state index contributed by atoms with van der Waals surface area (Å²) >= 11 is 0. The number of carbonyl (C=O) groups is 1. The molecule has 1 fully saturated rings. The number of aromatic amines is 1. The Balaban J connectivity index is 2.02. The van der Waals surface area contributed by atoms with Gasteiger partial charge in [-0.05, 0) is 50.9 Å². The minimum absolute atomic E-state index is 0.0115. The SMILES string of the molecule is CCC1CCCCN1Cc1c(C)[nH]c2ccc(C(=O)OC)cc2c1=O. The molecule has 1 saturated heterocycles. The summed E-state index contributed by atoms with van der Waals surface area (Å²) in [6, 6.07) is 5.64. The number of benzene rings is 1. The topological polar surface area (TPSA) is 62.4 Å². The van der Waals surface area contributed by atoms with Gasteiger partial charge < -0.3 is 9.72 Å². The van der Waals surface area contributed by atoms with E-state index in [1.54, 1.807) is 18.2 Å². The summed E-state index contributed by atoms with van der Waals surface area (Å²) in [5, 5.41) is 0.550. The van der Waals surface area contributed by atoms with Crippen molar-refractivity contribution in [1.82, 2.24) is 9.88 Å². The molecule has 0 spiro atoms. The zero-order valence-electron chi connectivity index (χ0n) is 15.2. The summed E-state index contributed by atoms with van der Waals surface area (Å²) in [6.07, 6.45) is 4.77. The molecule has 0 saturated carbocycles. The number of rotatable bonds is 4. The number of nitrogens with one attached hydrogen (secondary N) is 1. The maximum absolute atomic E-state index is 13.1. The highest BCUT2D eigenvalue weighted by atomic mass is 16.5. The van der Waals surface area contributed by atoms with Crippen LogP contribution in [-0.4, -0.2) is 35.5 Å². The number of methoxy groups -OCH3 is 1. The van der Waals surface area contributed by atoms with Gasteiger partial charge in [0.2, 0.25) is 0 Å². The Morgan fingerprint density at radius 1 is 1.36 bits per heavy atom. The van der Waals surface area contributed by atoms with Gasteiger partial charge in [0.05, 0.1) is 12.7 Å². The third-order valence-electron chi connectivity index (χ3n) is 5.32. The zero-order chi connectivity index (χ0) is 18.0. The molecule has 25 heavy (non-hydrogen) atoms. The van der Waals surface area contributed by atoms with Crippen molar-refractivity contribution in [3.63, 3.8) is 0 Å². The van der Waals surface area contributed by atoms with E-state index in [1.807, 2.05) is 6.92 Å². The van der Waals surface area contributed by atoms with E-state index in [4.69, 9.17) is 4.74 Å². The highest BCUT2D eigenvalue weighted by Crippen LogP contribution is 2.22. The van der Waals surface area contributed by atoms with Crippen LogP contribution in [0.1, 0.15) is 54.2 Å². The molecule has 0 aliphatic carbocycles. The molecule has 1 N–H and O–H groups in total. The van der Waals surface area contributed by atoms with Gasteiger partial charge in [-0.3, -0.25) is 9.69 Å². The van der Waals surface area contributed by atoms with Gasteiger partial charge in [0.15, 0.2) is 5.43 Å². The first-order valence-corrected chi connectivity index (χ1v) is 9.03. The lowest BCUT2D eigenvalue weighted by Crippen LogP contribution is -2.39. The number of esters is 1. The Kier molecular flexibility index (Phi) is 5.23. The van der Waals surface area contributed by atoms with Crippen LogP contribution in [0.5, 0.6) is 0 Å². The van der Waals surface area contributed by atoms with Crippen LogP contribution in [0.25, 0.3) is 10.9 Å².